The molecule has 1 saturated heterocycles. The van der Waals surface area contributed by atoms with Gasteiger partial charge in [0, 0.05) is 26.2 Å². The lowest BCUT2D eigenvalue weighted by Crippen LogP contribution is -2.30. The van der Waals surface area contributed by atoms with Crippen molar-refractivity contribution in [1.29, 1.82) is 0 Å². The molecule has 15 heavy (non-hydrogen) atoms. The molecular formula is C10H17N5. The van der Waals surface area contributed by atoms with Crippen LogP contribution in [0.2, 0.25) is 0 Å². The van der Waals surface area contributed by atoms with Crippen LogP contribution in [0.4, 0.5) is 11.9 Å². The molecule has 1 N–H and O–H groups in total. The van der Waals surface area contributed by atoms with E-state index in [-0.39, 0.29) is 0 Å². The van der Waals surface area contributed by atoms with Gasteiger partial charge in [0.1, 0.15) is 0 Å². The van der Waals surface area contributed by atoms with Gasteiger partial charge in [-0.3, -0.25) is 0 Å². The zero-order chi connectivity index (χ0) is 10.1. The Hall–Kier alpha value is -1.26. The maximum Gasteiger partial charge on any atom is 0.246 e. The summed E-state index contributed by atoms with van der Waals surface area (Å²) in [5.74, 6) is 1.86. The monoisotopic (exact) mass is 207 g/mol. The van der Waals surface area contributed by atoms with E-state index in [0.717, 1.165) is 44.5 Å². The third-order valence-electron chi connectivity index (χ3n) is 3.13. The van der Waals surface area contributed by atoms with Crippen molar-refractivity contribution in [1.82, 2.24) is 14.8 Å². The predicted octanol–water partition coefficient (Wildman–Crippen LogP) is 1.08. The summed E-state index contributed by atoms with van der Waals surface area (Å²) in [6.45, 7) is 4.26. The Bertz CT molecular complexity index is 316. The normalized spacial score (nSPS) is 20.9. The molecule has 3 heterocycles. The van der Waals surface area contributed by atoms with Gasteiger partial charge < -0.3 is 10.2 Å². The van der Waals surface area contributed by atoms with Crippen molar-refractivity contribution >= 4 is 11.9 Å². The van der Waals surface area contributed by atoms with Crippen LogP contribution in [0.3, 0.4) is 0 Å². The zero-order valence-electron chi connectivity index (χ0n) is 8.95. The molecule has 5 heteroatoms. The predicted molar refractivity (Wildman–Crippen MR) is 59.2 cm³/mol. The van der Waals surface area contributed by atoms with Crippen molar-refractivity contribution in [3.63, 3.8) is 0 Å². The van der Waals surface area contributed by atoms with Gasteiger partial charge in [-0.25, -0.2) is 4.68 Å². The van der Waals surface area contributed by atoms with Gasteiger partial charge in [0.05, 0.1) is 0 Å². The smallest absolute Gasteiger partial charge is 0.246 e. The molecule has 0 atom stereocenters. The number of piperidine rings is 1. The van der Waals surface area contributed by atoms with Crippen LogP contribution < -0.4 is 10.2 Å². The molecule has 1 aromatic rings. The number of hydrogen-bond acceptors (Lipinski definition) is 4. The highest BCUT2D eigenvalue weighted by Crippen LogP contribution is 2.19. The van der Waals surface area contributed by atoms with Gasteiger partial charge in [-0.05, 0) is 25.7 Å². The molecule has 0 aromatic carbocycles. The number of fused-ring (bicyclic) bond motifs is 1. The molecule has 5 nitrogen and oxygen atoms in total. The Morgan fingerprint density at radius 1 is 1.00 bits per heavy atom. The topological polar surface area (TPSA) is 46.0 Å². The molecule has 0 bridgehead atoms. The third kappa shape index (κ3) is 1.66. The van der Waals surface area contributed by atoms with E-state index in [1.54, 1.807) is 0 Å². The van der Waals surface area contributed by atoms with Crippen LogP contribution >= 0.6 is 0 Å². The number of rotatable bonds is 1. The van der Waals surface area contributed by atoms with E-state index in [9.17, 15) is 0 Å². The number of hydrogen-bond donors (Lipinski definition) is 1. The fourth-order valence-electron chi connectivity index (χ4n) is 2.27. The molecule has 3 rings (SSSR count). The molecule has 0 radical (unpaired) electrons. The van der Waals surface area contributed by atoms with E-state index < -0.39 is 0 Å². The second kappa shape index (κ2) is 3.72. The van der Waals surface area contributed by atoms with Gasteiger partial charge in [-0.2, -0.15) is 4.98 Å². The van der Waals surface area contributed by atoms with E-state index in [1.807, 2.05) is 4.68 Å². The Labute approximate surface area is 89.5 Å². The molecule has 82 valence electrons. The SMILES string of the molecule is C1CCN(c2nc3n(n2)CCCN3)CC1. The van der Waals surface area contributed by atoms with Gasteiger partial charge in [-0.15, -0.1) is 5.10 Å². The fraction of sp³-hybridized carbons (Fsp3) is 0.800. The Morgan fingerprint density at radius 2 is 1.87 bits per heavy atom. The van der Waals surface area contributed by atoms with Gasteiger partial charge in [-0.1, -0.05) is 0 Å². The number of nitrogens with zero attached hydrogens (tertiary/aromatic N) is 4. The summed E-state index contributed by atoms with van der Waals surface area (Å²) in [4.78, 5) is 6.84. The number of nitrogens with one attached hydrogen (secondary N) is 1. The van der Waals surface area contributed by atoms with E-state index in [0.29, 0.717) is 0 Å². The molecule has 0 aliphatic carbocycles. The average molecular weight is 207 g/mol. The van der Waals surface area contributed by atoms with Crippen molar-refractivity contribution in [2.75, 3.05) is 29.9 Å². The number of aromatic nitrogens is 3. The van der Waals surface area contributed by atoms with Crippen LogP contribution in [-0.2, 0) is 6.54 Å². The van der Waals surface area contributed by atoms with Gasteiger partial charge in [0.15, 0.2) is 0 Å². The molecule has 0 unspecified atom stereocenters. The second-order valence-electron chi connectivity index (χ2n) is 4.29. The highest BCUT2D eigenvalue weighted by atomic mass is 15.5. The molecule has 0 amide bonds. The van der Waals surface area contributed by atoms with Gasteiger partial charge >= 0.3 is 0 Å². The maximum absolute atomic E-state index is 4.54. The summed E-state index contributed by atoms with van der Waals surface area (Å²) >= 11 is 0. The first-order valence-corrected chi connectivity index (χ1v) is 5.87. The third-order valence-corrected chi connectivity index (χ3v) is 3.13. The maximum atomic E-state index is 4.54. The van der Waals surface area contributed by atoms with Gasteiger partial charge in [0.25, 0.3) is 0 Å². The van der Waals surface area contributed by atoms with E-state index >= 15 is 0 Å². The highest BCUT2D eigenvalue weighted by Gasteiger charge is 2.19. The molecule has 1 aromatic heterocycles. The van der Waals surface area contributed by atoms with E-state index in [2.05, 4.69) is 20.3 Å². The van der Waals surface area contributed by atoms with Crippen LogP contribution in [0.25, 0.3) is 0 Å². The largest absolute Gasteiger partial charge is 0.354 e. The van der Waals surface area contributed by atoms with Crippen LogP contribution in [0.5, 0.6) is 0 Å². The quantitative estimate of drug-likeness (QED) is 0.748. The van der Waals surface area contributed by atoms with Crippen LogP contribution in [0.15, 0.2) is 0 Å². The minimum Gasteiger partial charge on any atom is -0.354 e. The number of anilines is 2. The van der Waals surface area contributed by atoms with Crippen molar-refractivity contribution in [3.05, 3.63) is 0 Å². The molecule has 0 saturated carbocycles. The van der Waals surface area contributed by atoms with E-state index in [4.69, 9.17) is 0 Å². The molecule has 2 aliphatic heterocycles. The summed E-state index contributed by atoms with van der Waals surface area (Å²) < 4.78 is 1.99. The first-order valence-electron chi connectivity index (χ1n) is 5.87. The Kier molecular flexibility index (Phi) is 2.23. The summed E-state index contributed by atoms with van der Waals surface area (Å²) in [7, 11) is 0. The Balaban J connectivity index is 1.82. The van der Waals surface area contributed by atoms with E-state index in [1.165, 1.54) is 19.3 Å². The fourth-order valence-corrected chi connectivity index (χ4v) is 2.27. The zero-order valence-corrected chi connectivity index (χ0v) is 8.95. The van der Waals surface area contributed by atoms with Crippen molar-refractivity contribution < 1.29 is 0 Å². The van der Waals surface area contributed by atoms with Crippen molar-refractivity contribution in [2.45, 2.75) is 32.2 Å². The lowest BCUT2D eigenvalue weighted by Gasteiger charge is -2.24. The van der Waals surface area contributed by atoms with Gasteiger partial charge in [0.2, 0.25) is 11.9 Å². The summed E-state index contributed by atoms with van der Waals surface area (Å²) in [5, 5.41) is 7.83. The van der Waals surface area contributed by atoms with Crippen LogP contribution in [0.1, 0.15) is 25.7 Å². The van der Waals surface area contributed by atoms with Crippen LogP contribution in [-0.4, -0.2) is 34.4 Å². The molecule has 0 spiro atoms. The summed E-state index contributed by atoms with van der Waals surface area (Å²) in [6.07, 6.45) is 5.05. The summed E-state index contributed by atoms with van der Waals surface area (Å²) in [6, 6.07) is 0. The minimum atomic E-state index is 0.916. The average Bonchev–Trinajstić information content (AvgIpc) is 2.74. The standard InChI is InChI=1S/C10H17N5/c1-2-6-14(7-3-1)10-12-9-11-5-4-8-15(9)13-10/h1-8H2,(H,11,12,13). The molecule has 2 aliphatic rings. The van der Waals surface area contributed by atoms with Crippen molar-refractivity contribution in [3.8, 4) is 0 Å². The second-order valence-corrected chi connectivity index (χ2v) is 4.29. The number of aryl methyl sites for hydroxylation is 1. The Morgan fingerprint density at radius 3 is 2.67 bits per heavy atom. The minimum absolute atomic E-state index is 0.916. The van der Waals surface area contributed by atoms with Crippen LogP contribution in [0, 0.1) is 0 Å². The summed E-state index contributed by atoms with van der Waals surface area (Å²) in [5.41, 5.74) is 0. The van der Waals surface area contributed by atoms with Crippen molar-refractivity contribution in [2.24, 2.45) is 0 Å². The lowest BCUT2D eigenvalue weighted by atomic mass is 10.1. The highest BCUT2D eigenvalue weighted by molar-refractivity contribution is 5.38. The lowest BCUT2D eigenvalue weighted by molar-refractivity contribution is 0.547. The first kappa shape index (κ1) is 9.00. The molecular weight excluding hydrogens is 190 g/mol. The molecule has 1 fully saturated rings. The first-order chi connectivity index (χ1) is 7.43.